The number of benzene rings is 3. The minimum atomic E-state index is 0.788. The zero-order chi connectivity index (χ0) is 19.9. The average Bonchev–Trinajstić information content (AvgIpc) is 2.73. The van der Waals surface area contributed by atoms with Gasteiger partial charge >= 0.3 is 0 Å². The van der Waals surface area contributed by atoms with E-state index in [9.17, 15) is 0 Å². The Balaban J connectivity index is 2.11. The van der Waals surface area contributed by atoms with E-state index in [1.165, 1.54) is 0 Å². The number of methoxy groups -OCH3 is 2. The van der Waals surface area contributed by atoms with E-state index < -0.39 is 0 Å². The van der Waals surface area contributed by atoms with Crippen molar-refractivity contribution >= 4 is 23.3 Å². The highest BCUT2D eigenvalue weighted by molar-refractivity contribution is 7.99. The third-order valence-corrected chi connectivity index (χ3v) is 5.17. The molecule has 0 aliphatic carbocycles. The first-order valence-electron chi connectivity index (χ1n) is 8.92. The van der Waals surface area contributed by atoms with Gasteiger partial charge in [0, 0.05) is 23.9 Å². The molecule has 0 aliphatic rings. The highest BCUT2D eigenvalue weighted by Crippen LogP contribution is 2.37. The molecule has 28 heavy (non-hydrogen) atoms. The summed E-state index contributed by atoms with van der Waals surface area (Å²) in [5, 5.41) is 0. The fourth-order valence-electron chi connectivity index (χ4n) is 2.78. The van der Waals surface area contributed by atoms with E-state index in [0.29, 0.717) is 0 Å². The number of aliphatic imine (C=N–C) groups is 1. The summed E-state index contributed by atoms with van der Waals surface area (Å²) >= 11 is 1.66. The van der Waals surface area contributed by atoms with Gasteiger partial charge in [-0.25, -0.2) is 4.99 Å². The Morgan fingerprint density at radius 1 is 0.857 bits per heavy atom. The van der Waals surface area contributed by atoms with Gasteiger partial charge in [-0.3, -0.25) is 0 Å². The molecular weight excluding hydrogens is 368 g/mol. The summed E-state index contributed by atoms with van der Waals surface area (Å²) in [6.45, 7) is 0. The Morgan fingerprint density at radius 3 is 2.29 bits per heavy atom. The Morgan fingerprint density at radius 2 is 1.61 bits per heavy atom. The molecule has 4 nitrogen and oxygen atoms in total. The number of hydrogen-bond acceptors (Lipinski definition) is 4. The quantitative estimate of drug-likeness (QED) is 0.410. The van der Waals surface area contributed by atoms with Crippen LogP contribution in [0.25, 0.3) is 0 Å². The van der Waals surface area contributed by atoms with Gasteiger partial charge in [0.25, 0.3) is 0 Å². The molecule has 0 saturated carbocycles. The van der Waals surface area contributed by atoms with Crippen molar-refractivity contribution in [3.05, 3.63) is 78.4 Å². The van der Waals surface area contributed by atoms with Gasteiger partial charge in [-0.05, 0) is 42.5 Å². The van der Waals surface area contributed by atoms with Gasteiger partial charge in [-0.2, -0.15) is 0 Å². The normalized spacial score (nSPS) is 11.2. The lowest BCUT2D eigenvalue weighted by atomic mass is 10.1. The van der Waals surface area contributed by atoms with Crippen LogP contribution in [0.15, 0.2) is 87.6 Å². The number of nitrogens with zero attached hydrogens (tertiary/aromatic N) is 2. The lowest BCUT2D eigenvalue weighted by Gasteiger charge is -2.21. The third-order valence-electron chi connectivity index (χ3n) is 4.12. The summed E-state index contributed by atoms with van der Waals surface area (Å²) in [7, 11) is 7.36. The molecule has 3 rings (SSSR count). The Labute approximate surface area is 170 Å². The molecule has 0 atom stereocenters. The summed E-state index contributed by atoms with van der Waals surface area (Å²) in [5.74, 6) is 2.46. The van der Waals surface area contributed by atoms with Crippen molar-refractivity contribution in [3.63, 3.8) is 0 Å². The fraction of sp³-hybridized carbons (Fsp3) is 0.174. The summed E-state index contributed by atoms with van der Waals surface area (Å²) in [6.07, 6.45) is 0. The molecule has 0 amide bonds. The molecule has 0 bridgehead atoms. The smallest absolute Gasteiger partial charge is 0.140 e. The molecule has 0 unspecified atom stereocenters. The lowest BCUT2D eigenvalue weighted by molar-refractivity contribution is 0.411. The molecule has 0 aromatic heterocycles. The zero-order valence-electron chi connectivity index (χ0n) is 16.5. The molecule has 0 aliphatic heterocycles. The topological polar surface area (TPSA) is 34.1 Å². The molecular formula is C23H24N2O2S. The number of amidine groups is 1. The summed E-state index contributed by atoms with van der Waals surface area (Å²) < 4.78 is 11.1. The van der Waals surface area contributed by atoms with E-state index in [1.807, 2.05) is 79.7 Å². The van der Waals surface area contributed by atoms with Crippen LogP contribution in [0, 0.1) is 0 Å². The van der Waals surface area contributed by atoms with Gasteiger partial charge in [-0.15, -0.1) is 0 Å². The Bertz CT molecular complexity index is 956. The van der Waals surface area contributed by atoms with E-state index in [2.05, 4.69) is 12.1 Å². The maximum atomic E-state index is 5.69. The average molecular weight is 393 g/mol. The maximum Gasteiger partial charge on any atom is 0.140 e. The SMILES string of the molecule is COc1cccc(Sc2cccc(OC)c2C(=Nc2ccccc2)N(C)C)c1. The standard InChI is InChI=1S/C23H24N2O2S/c1-25(2)23(24-17-10-6-5-7-11-17)22-20(27-4)14-9-15-21(22)28-19-13-8-12-18(16-19)26-3/h5-16H,1-4H3. The van der Waals surface area contributed by atoms with Gasteiger partial charge in [0.1, 0.15) is 17.3 Å². The molecule has 0 saturated heterocycles. The van der Waals surface area contributed by atoms with Crippen LogP contribution in [0.4, 0.5) is 5.69 Å². The molecule has 3 aromatic rings. The fourth-order valence-corrected chi connectivity index (χ4v) is 3.80. The second-order valence-electron chi connectivity index (χ2n) is 6.28. The van der Waals surface area contributed by atoms with Crippen molar-refractivity contribution in [1.29, 1.82) is 0 Å². The predicted molar refractivity (Wildman–Crippen MR) is 116 cm³/mol. The van der Waals surface area contributed by atoms with Crippen LogP contribution in [0.3, 0.4) is 0 Å². The number of rotatable bonds is 6. The monoisotopic (exact) mass is 392 g/mol. The highest BCUT2D eigenvalue weighted by atomic mass is 32.2. The van der Waals surface area contributed by atoms with Crippen LogP contribution in [-0.2, 0) is 0 Å². The molecule has 0 fully saturated rings. The summed E-state index contributed by atoms with van der Waals surface area (Å²) in [5.41, 5.74) is 1.86. The van der Waals surface area contributed by atoms with Crippen LogP contribution in [-0.4, -0.2) is 39.1 Å². The van der Waals surface area contributed by atoms with Gasteiger partial charge in [0.15, 0.2) is 0 Å². The molecule has 0 N–H and O–H groups in total. The second-order valence-corrected chi connectivity index (χ2v) is 7.40. The molecule has 0 radical (unpaired) electrons. The highest BCUT2D eigenvalue weighted by Gasteiger charge is 2.18. The van der Waals surface area contributed by atoms with E-state index in [1.54, 1.807) is 26.0 Å². The van der Waals surface area contributed by atoms with Crippen LogP contribution in [0.5, 0.6) is 11.5 Å². The predicted octanol–water partition coefficient (Wildman–Crippen LogP) is 5.49. The van der Waals surface area contributed by atoms with Crippen LogP contribution in [0.2, 0.25) is 0 Å². The number of hydrogen-bond donors (Lipinski definition) is 0. The number of para-hydroxylation sites is 1. The molecule has 0 spiro atoms. The molecule has 3 aromatic carbocycles. The molecule has 144 valence electrons. The summed E-state index contributed by atoms with van der Waals surface area (Å²) in [4.78, 5) is 9.07. The van der Waals surface area contributed by atoms with Crippen LogP contribution in [0.1, 0.15) is 5.56 Å². The van der Waals surface area contributed by atoms with Gasteiger partial charge < -0.3 is 14.4 Å². The van der Waals surface area contributed by atoms with E-state index in [-0.39, 0.29) is 0 Å². The first-order chi connectivity index (χ1) is 13.6. The second kappa shape index (κ2) is 9.33. The minimum absolute atomic E-state index is 0.788. The van der Waals surface area contributed by atoms with Crippen molar-refractivity contribution in [1.82, 2.24) is 4.90 Å². The van der Waals surface area contributed by atoms with Crippen molar-refractivity contribution in [2.24, 2.45) is 4.99 Å². The largest absolute Gasteiger partial charge is 0.497 e. The van der Waals surface area contributed by atoms with E-state index >= 15 is 0 Å². The Kier molecular flexibility index (Phi) is 6.61. The van der Waals surface area contributed by atoms with Gasteiger partial charge in [0.2, 0.25) is 0 Å². The third kappa shape index (κ3) is 4.67. The zero-order valence-corrected chi connectivity index (χ0v) is 17.4. The van der Waals surface area contributed by atoms with E-state index in [4.69, 9.17) is 14.5 Å². The first kappa shape index (κ1) is 19.8. The van der Waals surface area contributed by atoms with Crippen LogP contribution >= 0.6 is 11.8 Å². The van der Waals surface area contributed by atoms with E-state index in [0.717, 1.165) is 38.4 Å². The van der Waals surface area contributed by atoms with Crippen molar-refractivity contribution < 1.29 is 9.47 Å². The van der Waals surface area contributed by atoms with Crippen LogP contribution < -0.4 is 9.47 Å². The lowest BCUT2D eigenvalue weighted by Crippen LogP contribution is -2.24. The van der Waals surface area contributed by atoms with Gasteiger partial charge in [-0.1, -0.05) is 42.1 Å². The maximum absolute atomic E-state index is 5.69. The van der Waals surface area contributed by atoms with Crippen molar-refractivity contribution in [2.75, 3.05) is 28.3 Å². The van der Waals surface area contributed by atoms with Crippen molar-refractivity contribution in [2.45, 2.75) is 9.79 Å². The summed E-state index contributed by atoms with van der Waals surface area (Å²) in [6, 6.07) is 24.0. The Hall–Kier alpha value is -2.92. The van der Waals surface area contributed by atoms with Crippen molar-refractivity contribution in [3.8, 4) is 11.5 Å². The minimum Gasteiger partial charge on any atom is -0.497 e. The van der Waals surface area contributed by atoms with Gasteiger partial charge in [0.05, 0.1) is 25.5 Å². The molecule has 0 heterocycles. The first-order valence-corrected chi connectivity index (χ1v) is 9.74. The molecule has 5 heteroatoms. The number of ether oxygens (including phenoxy) is 2.